The van der Waals surface area contributed by atoms with Gasteiger partial charge in [-0.1, -0.05) is 15.9 Å². The van der Waals surface area contributed by atoms with Crippen LogP contribution in [0.15, 0.2) is 16.6 Å². The summed E-state index contributed by atoms with van der Waals surface area (Å²) in [4.78, 5) is 4.69. The summed E-state index contributed by atoms with van der Waals surface area (Å²) in [5, 5.41) is 9.53. The van der Waals surface area contributed by atoms with E-state index in [-0.39, 0.29) is 5.75 Å². The predicted octanol–water partition coefficient (Wildman–Crippen LogP) is 2.11. The summed E-state index contributed by atoms with van der Waals surface area (Å²) in [6.07, 6.45) is 0. The van der Waals surface area contributed by atoms with E-state index in [1.807, 2.05) is 13.0 Å². The highest BCUT2D eigenvalue weighted by Gasteiger charge is 2.04. The van der Waals surface area contributed by atoms with E-state index in [4.69, 9.17) is 4.84 Å². The average Bonchev–Trinajstić information content (AvgIpc) is 2.09. The minimum atomic E-state index is 0.283. The molecule has 0 heterocycles. The fourth-order valence-corrected chi connectivity index (χ4v) is 1.39. The second-order valence-corrected chi connectivity index (χ2v) is 3.61. The standard InChI is InChI=1S/C9H12BrNO2/c1-6-3-9(12)7(4-8(6)10)5-11-13-2/h3-4,11-12H,5H2,1-2H3. The Morgan fingerprint density at radius 1 is 1.54 bits per heavy atom. The molecule has 72 valence electrons. The van der Waals surface area contributed by atoms with Gasteiger partial charge in [0, 0.05) is 16.6 Å². The quantitative estimate of drug-likeness (QED) is 0.802. The van der Waals surface area contributed by atoms with E-state index in [2.05, 4.69) is 21.4 Å². The molecule has 0 spiro atoms. The lowest BCUT2D eigenvalue weighted by atomic mass is 10.1. The number of phenols is 1. The fraction of sp³-hybridized carbons (Fsp3) is 0.333. The molecular weight excluding hydrogens is 234 g/mol. The zero-order valence-electron chi connectivity index (χ0n) is 7.60. The summed E-state index contributed by atoms with van der Waals surface area (Å²) in [5.74, 6) is 0.283. The van der Waals surface area contributed by atoms with Crippen LogP contribution in [0, 0.1) is 6.92 Å². The molecule has 0 unspecified atom stereocenters. The largest absolute Gasteiger partial charge is 0.508 e. The van der Waals surface area contributed by atoms with Crippen LogP contribution in [0.5, 0.6) is 5.75 Å². The van der Waals surface area contributed by atoms with Crippen LogP contribution in [-0.4, -0.2) is 12.2 Å². The van der Waals surface area contributed by atoms with Gasteiger partial charge in [0.25, 0.3) is 0 Å². The molecule has 0 aliphatic carbocycles. The normalized spacial score (nSPS) is 10.4. The molecule has 1 aromatic rings. The second kappa shape index (κ2) is 4.60. The monoisotopic (exact) mass is 245 g/mol. The Morgan fingerprint density at radius 3 is 2.85 bits per heavy atom. The lowest BCUT2D eigenvalue weighted by molar-refractivity contribution is 0.0861. The first-order chi connectivity index (χ1) is 6.15. The molecule has 13 heavy (non-hydrogen) atoms. The van der Waals surface area contributed by atoms with E-state index < -0.39 is 0 Å². The molecule has 0 amide bonds. The van der Waals surface area contributed by atoms with Gasteiger partial charge in [0.05, 0.1) is 7.11 Å². The summed E-state index contributed by atoms with van der Waals surface area (Å²) in [6.45, 7) is 2.42. The van der Waals surface area contributed by atoms with Crippen molar-refractivity contribution in [1.29, 1.82) is 0 Å². The van der Waals surface area contributed by atoms with E-state index in [1.54, 1.807) is 13.2 Å². The number of phenolic OH excluding ortho intramolecular Hbond substituents is 1. The molecular formula is C9H12BrNO2. The summed E-state index contributed by atoms with van der Waals surface area (Å²) < 4.78 is 0.984. The van der Waals surface area contributed by atoms with Crippen LogP contribution in [0.25, 0.3) is 0 Å². The Hall–Kier alpha value is -0.580. The Morgan fingerprint density at radius 2 is 2.23 bits per heavy atom. The third-order valence-corrected chi connectivity index (χ3v) is 2.62. The van der Waals surface area contributed by atoms with Crippen LogP contribution in [0.4, 0.5) is 0 Å². The highest BCUT2D eigenvalue weighted by molar-refractivity contribution is 9.10. The molecule has 0 saturated carbocycles. The SMILES string of the molecule is CONCc1cc(Br)c(C)cc1O. The molecule has 2 N–H and O–H groups in total. The van der Waals surface area contributed by atoms with Crippen molar-refractivity contribution in [3.8, 4) is 5.75 Å². The molecule has 0 atom stereocenters. The number of benzene rings is 1. The first-order valence-electron chi connectivity index (χ1n) is 3.89. The van der Waals surface area contributed by atoms with E-state index in [0.717, 1.165) is 15.6 Å². The van der Waals surface area contributed by atoms with Gasteiger partial charge in [0.1, 0.15) is 5.75 Å². The number of hydrogen-bond acceptors (Lipinski definition) is 3. The lowest BCUT2D eigenvalue weighted by Gasteiger charge is -2.07. The molecule has 0 saturated heterocycles. The van der Waals surface area contributed by atoms with Gasteiger partial charge in [0.15, 0.2) is 0 Å². The zero-order chi connectivity index (χ0) is 9.84. The molecule has 1 aromatic carbocycles. The highest BCUT2D eigenvalue weighted by Crippen LogP contribution is 2.25. The van der Waals surface area contributed by atoms with Crippen LogP contribution in [0.2, 0.25) is 0 Å². The predicted molar refractivity (Wildman–Crippen MR) is 54.4 cm³/mol. The third kappa shape index (κ3) is 2.69. The smallest absolute Gasteiger partial charge is 0.120 e. The van der Waals surface area contributed by atoms with Crippen molar-refractivity contribution in [1.82, 2.24) is 5.48 Å². The minimum Gasteiger partial charge on any atom is -0.508 e. The molecule has 0 aliphatic heterocycles. The minimum absolute atomic E-state index is 0.283. The first-order valence-corrected chi connectivity index (χ1v) is 4.68. The molecule has 0 bridgehead atoms. The maximum Gasteiger partial charge on any atom is 0.120 e. The van der Waals surface area contributed by atoms with Gasteiger partial charge >= 0.3 is 0 Å². The fourth-order valence-electron chi connectivity index (χ4n) is 0.999. The molecule has 1 rings (SSSR count). The summed E-state index contributed by atoms with van der Waals surface area (Å²) >= 11 is 3.39. The van der Waals surface area contributed by atoms with Gasteiger partial charge in [-0.25, -0.2) is 0 Å². The molecule has 3 nitrogen and oxygen atoms in total. The van der Waals surface area contributed by atoms with Crippen LogP contribution in [-0.2, 0) is 11.4 Å². The van der Waals surface area contributed by atoms with Crippen LogP contribution < -0.4 is 5.48 Å². The van der Waals surface area contributed by atoms with Crippen molar-refractivity contribution < 1.29 is 9.94 Å². The number of hydroxylamine groups is 1. The Bertz CT molecular complexity index is 302. The Balaban J connectivity index is 2.88. The lowest BCUT2D eigenvalue weighted by Crippen LogP contribution is -2.10. The molecule has 0 fully saturated rings. The average molecular weight is 246 g/mol. The number of aromatic hydroxyl groups is 1. The van der Waals surface area contributed by atoms with Crippen LogP contribution in [0.3, 0.4) is 0 Å². The van der Waals surface area contributed by atoms with E-state index >= 15 is 0 Å². The van der Waals surface area contributed by atoms with Crippen molar-refractivity contribution in [2.45, 2.75) is 13.5 Å². The van der Waals surface area contributed by atoms with Gasteiger partial charge in [-0.2, -0.15) is 5.48 Å². The van der Waals surface area contributed by atoms with Crippen LogP contribution in [0.1, 0.15) is 11.1 Å². The number of rotatable bonds is 3. The topological polar surface area (TPSA) is 41.5 Å². The van der Waals surface area contributed by atoms with Crippen molar-refractivity contribution in [2.75, 3.05) is 7.11 Å². The first kappa shape index (κ1) is 10.5. The number of halogens is 1. The van der Waals surface area contributed by atoms with Gasteiger partial charge in [0.2, 0.25) is 0 Å². The van der Waals surface area contributed by atoms with Crippen molar-refractivity contribution in [2.24, 2.45) is 0 Å². The third-order valence-electron chi connectivity index (χ3n) is 1.77. The summed E-state index contributed by atoms with van der Waals surface area (Å²) in [7, 11) is 1.54. The van der Waals surface area contributed by atoms with Crippen molar-refractivity contribution in [3.63, 3.8) is 0 Å². The van der Waals surface area contributed by atoms with E-state index in [1.165, 1.54) is 0 Å². The molecule has 0 radical (unpaired) electrons. The van der Waals surface area contributed by atoms with Crippen molar-refractivity contribution >= 4 is 15.9 Å². The van der Waals surface area contributed by atoms with Gasteiger partial charge in [-0.05, 0) is 24.6 Å². The molecule has 4 heteroatoms. The van der Waals surface area contributed by atoms with E-state index in [9.17, 15) is 5.11 Å². The maximum absolute atomic E-state index is 9.53. The molecule has 0 aromatic heterocycles. The highest BCUT2D eigenvalue weighted by atomic mass is 79.9. The van der Waals surface area contributed by atoms with Crippen molar-refractivity contribution in [3.05, 3.63) is 27.7 Å². The number of hydrogen-bond donors (Lipinski definition) is 2. The zero-order valence-corrected chi connectivity index (χ0v) is 9.18. The second-order valence-electron chi connectivity index (χ2n) is 2.76. The van der Waals surface area contributed by atoms with E-state index in [0.29, 0.717) is 6.54 Å². The van der Waals surface area contributed by atoms with Gasteiger partial charge < -0.3 is 9.94 Å². The van der Waals surface area contributed by atoms with Gasteiger partial charge in [-0.3, -0.25) is 0 Å². The summed E-state index contributed by atoms with van der Waals surface area (Å²) in [6, 6.07) is 3.59. The number of aryl methyl sites for hydroxylation is 1. The summed E-state index contributed by atoms with van der Waals surface area (Å²) in [5.41, 5.74) is 4.49. The number of nitrogens with one attached hydrogen (secondary N) is 1. The Kier molecular flexibility index (Phi) is 3.71. The Labute approximate surface area is 85.8 Å². The maximum atomic E-state index is 9.53. The van der Waals surface area contributed by atoms with Gasteiger partial charge in [-0.15, -0.1) is 0 Å². The molecule has 0 aliphatic rings. The van der Waals surface area contributed by atoms with Crippen LogP contribution >= 0.6 is 15.9 Å².